The van der Waals surface area contributed by atoms with Gasteiger partial charge in [-0.15, -0.1) is 0 Å². The quantitative estimate of drug-likeness (QED) is 0.528. The summed E-state index contributed by atoms with van der Waals surface area (Å²) in [4.78, 5) is 0. The van der Waals surface area contributed by atoms with Gasteiger partial charge in [-0.3, -0.25) is 0 Å². The van der Waals surface area contributed by atoms with E-state index in [-0.39, 0.29) is 69.6 Å². The van der Waals surface area contributed by atoms with Crippen LogP contribution in [-0.2, 0) is 69.6 Å². The van der Waals surface area contributed by atoms with E-state index in [1.807, 2.05) is 0 Å². The van der Waals surface area contributed by atoms with Crippen LogP contribution >= 0.6 is 0 Å². The first kappa shape index (κ1) is 35.6. The SMILES string of the molecule is [Ir].[Ni].[Ni].[Ni]. The van der Waals surface area contributed by atoms with Gasteiger partial charge in [-0.1, -0.05) is 0 Å². The van der Waals surface area contributed by atoms with Gasteiger partial charge in [-0.25, -0.2) is 0 Å². The van der Waals surface area contributed by atoms with Gasteiger partial charge in [0, 0.05) is 69.6 Å². The molecule has 0 atom stereocenters. The van der Waals surface area contributed by atoms with E-state index in [2.05, 4.69) is 0 Å². The van der Waals surface area contributed by atoms with Crippen molar-refractivity contribution in [2.75, 3.05) is 0 Å². The first-order valence-corrected chi connectivity index (χ1v) is 0. The van der Waals surface area contributed by atoms with E-state index in [1.54, 1.807) is 0 Å². The molecule has 0 saturated carbocycles. The van der Waals surface area contributed by atoms with Crippen LogP contribution in [0.5, 0.6) is 0 Å². The van der Waals surface area contributed by atoms with Gasteiger partial charge in [0.15, 0.2) is 0 Å². The fourth-order valence-electron chi connectivity index (χ4n) is 0. The molecule has 0 aliphatic heterocycles. The molecule has 0 fully saturated rings. The summed E-state index contributed by atoms with van der Waals surface area (Å²) in [6.07, 6.45) is 0. The van der Waals surface area contributed by atoms with E-state index in [9.17, 15) is 0 Å². The Labute approximate surface area is 69.0 Å². The molecule has 0 aromatic heterocycles. The van der Waals surface area contributed by atoms with E-state index in [0.717, 1.165) is 0 Å². The van der Waals surface area contributed by atoms with Gasteiger partial charge in [0.2, 0.25) is 0 Å². The van der Waals surface area contributed by atoms with E-state index >= 15 is 0 Å². The maximum absolute atomic E-state index is 0. The Kier molecular flexibility index (Phi) is 171. The minimum absolute atomic E-state index is 0. The van der Waals surface area contributed by atoms with Crippen LogP contribution in [0.25, 0.3) is 0 Å². The Morgan fingerprint density at radius 1 is 0.500 bits per heavy atom. The van der Waals surface area contributed by atoms with Crippen LogP contribution in [0.2, 0.25) is 0 Å². The summed E-state index contributed by atoms with van der Waals surface area (Å²) in [6.45, 7) is 0. The van der Waals surface area contributed by atoms with Crippen LogP contribution in [0.4, 0.5) is 0 Å². The summed E-state index contributed by atoms with van der Waals surface area (Å²) in [5, 5.41) is 0. The average Bonchev–Trinajstić information content (AvgIpc) is 0. The van der Waals surface area contributed by atoms with Crippen LogP contribution in [0, 0.1) is 0 Å². The second kappa shape index (κ2) is 19.3. The first-order chi connectivity index (χ1) is 0. The second-order valence-electron chi connectivity index (χ2n) is 0. The Morgan fingerprint density at radius 2 is 0.500 bits per heavy atom. The monoisotopic (exact) mass is 367 g/mol. The van der Waals surface area contributed by atoms with Gasteiger partial charge in [0.25, 0.3) is 0 Å². The normalized spacial score (nSPS) is 0. The van der Waals surface area contributed by atoms with Gasteiger partial charge < -0.3 is 0 Å². The topological polar surface area (TPSA) is 0 Å². The minimum Gasteiger partial charge on any atom is 0 e. The van der Waals surface area contributed by atoms with Crippen molar-refractivity contribution in [3.63, 3.8) is 0 Å². The summed E-state index contributed by atoms with van der Waals surface area (Å²) in [5.74, 6) is 0. The van der Waals surface area contributed by atoms with Crippen molar-refractivity contribution in [3.8, 4) is 0 Å². The molecule has 4 heteroatoms. The number of rotatable bonds is 0. The third-order valence-electron chi connectivity index (χ3n) is 0. The summed E-state index contributed by atoms with van der Waals surface area (Å²) < 4.78 is 0. The van der Waals surface area contributed by atoms with Crippen molar-refractivity contribution in [1.82, 2.24) is 0 Å². The molecule has 4 heavy (non-hydrogen) atoms. The number of hydrogen-bond donors (Lipinski definition) is 0. The first-order valence-electron chi connectivity index (χ1n) is 0. The molecule has 0 N–H and O–H groups in total. The summed E-state index contributed by atoms with van der Waals surface area (Å²) >= 11 is 0. The molecule has 0 aromatic rings. The molecule has 0 aromatic carbocycles. The molecule has 0 bridgehead atoms. The van der Waals surface area contributed by atoms with Crippen molar-refractivity contribution >= 4 is 0 Å². The van der Waals surface area contributed by atoms with Gasteiger partial charge in [-0.05, 0) is 0 Å². The molecule has 0 rings (SSSR count). The summed E-state index contributed by atoms with van der Waals surface area (Å²) in [7, 11) is 0. The molecule has 1 radical (unpaired) electrons. The molecule has 0 aliphatic rings. The van der Waals surface area contributed by atoms with Gasteiger partial charge in [-0.2, -0.15) is 0 Å². The van der Waals surface area contributed by atoms with Gasteiger partial charge in [0.05, 0.1) is 0 Å². The van der Waals surface area contributed by atoms with E-state index in [4.69, 9.17) is 0 Å². The largest absolute Gasteiger partial charge is 0 e. The fraction of sp³-hybridized carbons (Fsp3) is 0. The molecule has 0 unspecified atom stereocenters. The second-order valence-corrected chi connectivity index (χ2v) is 0. The Hall–Kier alpha value is 2.13. The summed E-state index contributed by atoms with van der Waals surface area (Å²) in [5.41, 5.74) is 0. The minimum atomic E-state index is 0. The zero-order valence-corrected chi connectivity index (χ0v) is 6.64. The van der Waals surface area contributed by atoms with Crippen molar-refractivity contribution in [2.45, 2.75) is 0 Å². The predicted molar refractivity (Wildman–Crippen MR) is 0 cm³/mol. The predicted octanol–water partition coefficient (Wildman–Crippen LogP) is -0.0100. The zero-order chi connectivity index (χ0) is 0. The maximum atomic E-state index is 0. The van der Waals surface area contributed by atoms with E-state index in [0.29, 0.717) is 0 Å². The zero-order valence-electron chi connectivity index (χ0n) is 1.28. The average molecular weight is 368 g/mol. The van der Waals surface area contributed by atoms with E-state index in [1.165, 1.54) is 0 Å². The van der Waals surface area contributed by atoms with E-state index < -0.39 is 0 Å². The van der Waals surface area contributed by atoms with Crippen molar-refractivity contribution < 1.29 is 69.6 Å². The van der Waals surface area contributed by atoms with Crippen molar-refractivity contribution in [2.24, 2.45) is 0 Å². The molecule has 39 valence electrons. The van der Waals surface area contributed by atoms with Crippen LogP contribution in [-0.4, -0.2) is 0 Å². The van der Waals surface area contributed by atoms with Crippen LogP contribution in [0.1, 0.15) is 0 Å². The Morgan fingerprint density at radius 3 is 0.500 bits per heavy atom. The third kappa shape index (κ3) is 8.92. The molecule has 0 nitrogen and oxygen atoms in total. The molecular formula is IrNi3. The van der Waals surface area contributed by atoms with Crippen LogP contribution < -0.4 is 0 Å². The Bertz CT molecular complexity index is 3.25. The van der Waals surface area contributed by atoms with Crippen LogP contribution in [0.15, 0.2) is 0 Å². The standard InChI is InChI=1S/Ir.3Ni. The molecule has 0 spiro atoms. The van der Waals surface area contributed by atoms with Crippen LogP contribution in [0.3, 0.4) is 0 Å². The molecule has 0 aliphatic carbocycles. The molecule has 0 heterocycles. The molecule has 0 amide bonds. The maximum Gasteiger partial charge on any atom is 0 e. The Balaban J connectivity index is 0. The van der Waals surface area contributed by atoms with Gasteiger partial charge in [0.1, 0.15) is 0 Å². The fourth-order valence-corrected chi connectivity index (χ4v) is 0. The molecule has 0 saturated heterocycles. The summed E-state index contributed by atoms with van der Waals surface area (Å²) in [6, 6.07) is 0. The molecular weight excluding hydrogens is 368 g/mol. The third-order valence-corrected chi connectivity index (χ3v) is 0. The van der Waals surface area contributed by atoms with Gasteiger partial charge >= 0.3 is 0 Å². The smallest absolute Gasteiger partial charge is 0 e. The van der Waals surface area contributed by atoms with Crippen molar-refractivity contribution in [3.05, 3.63) is 0 Å². The van der Waals surface area contributed by atoms with Crippen molar-refractivity contribution in [1.29, 1.82) is 0 Å². The number of hydrogen-bond acceptors (Lipinski definition) is 0.